The molecule has 1 amide bonds. The molecule has 0 bridgehead atoms. The normalized spacial score (nSPS) is 15.0. The predicted octanol–water partition coefficient (Wildman–Crippen LogP) is 3.98. The summed E-state index contributed by atoms with van der Waals surface area (Å²) in [4.78, 5) is 22.6. The minimum absolute atomic E-state index is 0.0134. The maximum Gasteiger partial charge on any atom is 0.416 e. The molecule has 0 spiro atoms. The minimum atomic E-state index is -4.41. The Hall–Kier alpha value is -3.36. The molecule has 0 aromatic heterocycles. The molecule has 3 rings (SSSR count). The van der Waals surface area contributed by atoms with Gasteiger partial charge in [-0.25, -0.2) is 0 Å². The van der Waals surface area contributed by atoms with Crippen molar-refractivity contribution in [2.75, 3.05) is 14.2 Å². The van der Waals surface area contributed by atoms with Crippen LogP contribution in [0.3, 0.4) is 0 Å². The van der Waals surface area contributed by atoms with E-state index in [0.717, 1.165) is 11.6 Å². The number of carbonyl (C=O) groups is 1. The molecule has 1 aliphatic rings. The number of likely N-dealkylation sites (N-methyl/N-ethyl adjacent to an activating group) is 1. The van der Waals surface area contributed by atoms with Crippen molar-refractivity contribution < 1.29 is 27.6 Å². The Morgan fingerprint density at radius 2 is 1.90 bits per heavy atom. The van der Waals surface area contributed by atoms with E-state index in [1.807, 2.05) is 13.0 Å². The molecule has 31 heavy (non-hydrogen) atoms. The number of amides is 1. The molecule has 0 atom stereocenters. The Bertz CT molecular complexity index is 1050. The molecule has 2 aromatic rings. The van der Waals surface area contributed by atoms with Crippen molar-refractivity contribution >= 4 is 17.3 Å². The first-order valence-corrected chi connectivity index (χ1v) is 9.58. The van der Waals surface area contributed by atoms with E-state index in [2.05, 4.69) is 15.6 Å². The molecule has 0 saturated heterocycles. The van der Waals surface area contributed by atoms with Crippen LogP contribution in [0.5, 0.6) is 0 Å². The zero-order valence-corrected chi connectivity index (χ0v) is 17.3. The summed E-state index contributed by atoms with van der Waals surface area (Å²) in [6, 6.07) is 9.42. The summed E-state index contributed by atoms with van der Waals surface area (Å²) >= 11 is 0. The van der Waals surface area contributed by atoms with Crippen LogP contribution in [-0.4, -0.2) is 31.5 Å². The van der Waals surface area contributed by atoms with E-state index in [0.29, 0.717) is 28.8 Å². The monoisotopic (exact) mass is 433 g/mol. The fourth-order valence-corrected chi connectivity index (χ4v) is 3.58. The largest absolute Gasteiger partial charge is 0.416 e. The first kappa shape index (κ1) is 22.3. The lowest BCUT2D eigenvalue weighted by Gasteiger charge is -2.13. The molecule has 1 N–H and O–H groups in total. The third kappa shape index (κ3) is 4.70. The number of oxime groups is 2. The van der Waals surface area contributed by atoms with Gasteiger partial charge in [0, 0.05) is 23.7 Å². The lowest BCUT2D eigenvalue weighted by atomic mass is 9.98. The van der Waals surface area contributed by atoms with Gasteiger partial charge in [0.15, 0.2) is 5.71 Å². The van der Waals surface area contributed by atoms with Crippen LogP contribution in [0, 0.1) is 6.92 Å². The zero-order valence-electron chi connectivity index (χ0n) is 17.3. The fraction of sp³-hybridized carbons (Fsp3) is 0.318. The third-order valence-corrected chi connectivity index (χ3v) is 5.08. The van der Waals surface area contributed by atoms with Crippen LogP contribution in [-0.2, 0) is 33.7 Å². The Morgan fingerprint density at radius 3 is 2.58 bits per heavy atom. The Kier molecular flexibility index (Phi) is 6.62. The third-order valence-electron chi connectivity index (χ3n) is 5.08. The number of fused-ring (bicyclic) bond motifs is 1. The average Bonchev–Trinajstić information content (AvgIpc) is 3.15. The molecule has 164 valence electrons. The van der Waals surface area contributed by atoms with Gasteiger partial charge < -0.3 is 15.0 Å². The van der Waals surface area contributed by atoms with Gasteiger partial charge in [0.2, 0.25) is 0 Å². The van der Waals surface area contributed by atoms with Crippen LogP contribution in [0.15, 0.2) is 46.7 Å². The average molecular weight is 433 g/mol. The number of halogens is 3. The van der Waals surface area contributed by atoms with Gasteiger partial charge >= 0.3 is 6.18 Å². The summed E-state index contributed by atoms with van der Waals surface area (Å²) in [5.41, 5.74) is 2.64. The van der Waals surface area contributed by atoms with Crippen LogP contribution >= 0.6 is 0 Å². The van der Waals surface area contributed by atoms with Crippen molar-refractivity contribution in [3.63, 3.8) is 0 Å². The summed E-state index contributed by atoms with van der Waals surface area (Å²) < 4.78 is 39.7. The summed E-state index contributed by atoms with van der Waals surface area (Å²) in [5, 5.41) is 10.4. The van der Waals surface area contributed by atoms with E-state index in [1.54, 1.807) is 18.2 Å². The Morgan fingerprint density at radius 1 is 1.16 bits per heavy atom. The number of hydrogen-bond donors (Lipinski definition) is 1. The van der Waals surface area contributed by atoms with Crippen LogP contribution < -0.4 is 5.32 Å². The van der Waals surface area contributed by atoms with Crippen molar-refractivity contribution in [2.45, 2.75) is 32.5 Å². The summed E-state index contributed by atoms with van der Waals surface area (Å²) in [6.45, 7) is 1.86. The van der Waals surface area contributed by atoms with Gasteiger partial charge in [-0.05, 0) is 37.0 Å². The number of nitrogens with one attached hydrogen (secondary N) is 1. The molecular formula is C22H22F3N3O3. The quantitative estimate of drug-likeness (QED) is 0.553. The number of rotatable bonds is 6. The zero-order chi connectivity index (χ0) is 22.6. The van der Waals surface area contributed by atoms with Gasteiger partial charge in [-0.2, -0.15) is 13.2 Å². The highest BCUT2D eigenvalue weighted by Gasteiger charge is 2.36. The minimum Gasteiger partial charge on any atom is -0.398 e. The van der Waals surface area contributed by atoms with Crippen molar-refractivity contribution in [1.29, 1.82) is 0 Å². The van der Waals surface area contributed by atoms with Crippen LogP contribution in [0.1, 0.15) is 39.8 Å². The molecule has 0 heterocycles. The summed E-state index contributed by atoms with van der Waals surface area (Å²) in [7, 11) is 2.83. The Balaban J connectivity index is 1.87. The van der Waals surface area contributed by atoms with E-state index in [-0.39, 0.29) is 24.3 Å². The molecule has 2 aromatic carbocycles. The van der Waals surface area contributed by atoms with Crippen LogP contribution in [0.25, 0.3) is 0 Å². The smallest absolute Gasteiger partial charge is 0.398 e. The molecule has 0 radical (unpaired) electrons. The number of hydrogen-bond acceptors (Lipinski definition) is 5. The lowest BCUT2D eigenvalue weighted by molar-refractivity contribution is -0.138. The molecular weight excluding hydrogens is 411 g/mol. The summed E-state index contributed by atoms with van der Waals surface area (Å²) in [6.07, 6.45) is -3.80. The van der Waals surface area contributed by atoms with Crippen molar-refractivity contribution in [3.05, 3.63) is 69.8 Å². The standard InChI is InChI=1S/C22H22F3N3O3/c1-13-6-4-8-16(20(28-30-3)21(29)26-2)17(13)12-31-27-19-11-10-14-15(19)7-5-9-18(14)22(23,24)25/h4-9H,10-12H2,1-3H3,(H,26,29)/b27-19+,28-20+. The Labute approximate surface area is 177 Å². The topological polar surface area (TPSA) is 72.3 Å². The molecule has 0 aliphatic heterocycles. The van der Waals surface area contributed by atoms with Crippen molar-refractivity contribution in [3.8, 4) is 0 Å². The predicted molar refractivity (Wildman–Crippen MR) is 110 cm³/mol. The first-order chi connectivity index (χ1) is 14.8. The highest BCUT2D eigenvalue weighted by molar-refractivity contribution is 6.45. The molecule has 0 saturated carbocycles. The number of nitrogens with zero attached hydrogens (tertiary/aromatic N) is 2. The maximum absolute atomic E-state index is 13.2. The van der Waals surface area contributed by atoms with Crippen molar-refractivity contribution in [2.24, 2.45) is 10.3 Å². The second-order valence-corrected chi connectivity index (χ2v) is 6.94. The van der Waals surface area contributed by atoms with Gasteiger partial charge in [-0.1, -0.05) is 40.6 Å². The SMILES string of the molecule is CNC(=O)/C(=N/OC)c1cccc(C)c1CO/N=C1\CCc2c1cccc2C(F)(F)F. The maximum atomic E-state index is 13.2. The number of carbonyl (C=O) groups excluding carboxylic acids is 1. The second kappa shape index (κ2) is 9.20. The van der Waals surface area contributed by atoms with Gasteiger partial charge in [0.1, 0.15) is 13.7 Å². The lowest BCUT2D eigenvalue weighted by Crippen LogP contribution is -2.29. The van der Waals surface area contributed by atoms with Crippen molar-refractivity contribution in [1.82, 2.24) is 5.32 Å². The summed E-state index contributed by atoms with van der Waals surface area (Å²) in [5.74, 6) is -0.426. The van der Waals surface area contributed by atoms with E-state index in [9.17, 15) is 18.0 Å². The van der Waals surface area contributed by atoms with Gasteiger partial charge in [-0.3, -0.25) is 4.79 Å². The van der Waals surface area contributed by atoms with E-state index in [4.69, 9.17) is 9.68 Å². The highest BCUT2D eigenvalue weighted by Crippen LogP contribution is 2.37. The molecule has 1 aliphatic carbocycles. The fourth-order valence-electron chi connectivity index (χ4n) is 3.58. The molecule has 6 nitrogen and oxygen atoms in total. The number of aryl methyl sites for hydroxylation is 1. The number of alkyl halides is 3. The van der Waals surface area contributed by atoms with Gasteiger partial charge in [0.25, 0.3) is 5.91 Å². The van der Waals surface area contributed by atoms with Crippen LogP contribution in [0.4, 0.5) is 13.2 Å². The van der Waals surface area contributed by atoms with Crippen LogP contribution in [0.2, 0.25) is 0 Å². The van der Waals surface area contributed by atoms with E-state index in [1.165, 1.54) is 20.2 Å². The highest BCUT2D eigenvalue weighted by atomic mass is 19.4. The van der Waals surface area contributed by atoms with Gasteiger partial charge in [0.05, 0.1) is 11.3 Å². The van der Waals surface area contributed by atoms with E-state index >= 15 is 0 Å². The van der Waals surface area contributed by atoms with Gasteiger partial charge in [-0.15, -0.1) is 0 Å². The van der Waals surface area contributed by atoms with E-state index < -0.39 is 17.6 Å². The number of benzene rings is 2. The molecule has 0 unspecified atom stereocenters. The molecule has 9 heteroatoms. The molecule has 0 fully saturated rings. The first-order valence-electron chi connectivity index (χ1n) is 9.58. The second-order valence-electron chi connectivity index (χ2n) is 6.94.